The van der Waals surface area contributed by atoms with E-state index in [0.29, 0.717) is 15.7 Å². The Morgan fingerprint density at radius 3 is 2.44 bits per heavy atom. The quantitative estimate of drug-likeness (QED) is 0.657. The second kappa shape index (κ2) is 5.39. The van der Waals surface area contributed by atoms with E-state index in [9.17, 15) is 9.59 Å². The summed E-state index contributed by atoms with van der Waals surface area (Å²) in [7, 11) is 1.27. The van der Waals surface area contributed by atoms with Crippen LogP contribution in [0.2, 0.25) is 0 Å². The van der Waals surface area contributed by atoms with Gasteiger partial charge in [-0.3, -0.25) is 4.79 Å². The van der Waals surface area contributed by atoms with Gasteiger partial charge in [0.25, 0.3) is 5.91 Å². The number of amides is 1. The molecule has 6 heteroatoms. The zero-order valence-corrected chi connectivity index (χ0v) is 12.0. The molecule has 18 heavy (non-hydrogen) atoms. The number of nitrogens with one attached hydrogen (secondary N) is 1. The number of rotatable bonds is 3. The second-order valence-corrected chi connectivity index (χ2v) is 5.26. The highest BCUT2D eigenvalue weighted by Gasteiger charge is 2.30. The zero-order valence-electron chi connectivity index (χ0n) is 10.4. The maximum atomic E-state index is 12.0. The topological polar surface area (TPSA) is 81.4 Å². The molecule has 98 valence electrons. The Balaban J connectivity index is 2.92. The Bertz CT molecular complexity index is 466. The predicted octanol–water partition coefficient (Wildman–Crippen LogP) is 1.71. The van der Waals surface area contributed by atoms with Crippen molar-refractivity contribution in [1.82, 2.24) is 5.32 Å². The summed E-state index contributed by atoms with van der Waals surface area (Å²) in [4.78, 5) is 23.5. The van der Waals surface area contributed by atoms with Gasteiger partial charge in [0.2, 0.25) is 0 Å². The van der Waals surface area contributed by atoms with Crippen molar-refractivity contribution in [2.24, 2.45) is 0 Å². The third-order valence-electron chi connectivity index (χ3n) is 2.30. The van der Waals surface area contributed by atoms with E-state index in [1.807, 2.05) is 0 Å². The lowest BCUT2D eigenvalue weighted by Gasteiger charge is -2.23. The van der Waals surface area contributed by atoms with Crippen molar-refractivity contribution in [1.29, 1.82) is 0 Å². The van der Waals surface area contributed by atoms with Crippen molar-refractivity contribution < 1.29 is 14.3 Å². The fourth-order valence-corrected chi connectivity index (χ4v) is 1.92. The zero-order chi connectivity index (χ0) is 13.9. The number of anilines is 1. The van der Waals surface area contributed by atoms with Gasteiger partial charge in [-0.2, -0.15) is 0 Å². The number of ether oxygens (including phenoxy) is 1. The number of methoxy groups -OCH3 is 1. The van der Waals surface area contributed by atoms with Gasteiger partial charge in [0.15, 0.2) is 0 Å². The average molecular weight is 315 g/mol. The van der Waals surface area contributed by atoms with Gasteiger partial charge in [0.05, 0.1) is 7.11 Å². The second-order valence-electron chi connectivity index (χ2n) is 4.34. The van der Waals surface area contributed by atoms with Gasteiger partial charge in [-0.1, -0.05) is 15.9 Å². The summed E-state index contributed by atoms with van der Waals surface area (Å²) in [5.74, 6) is -0.905. The Morgan fingerprint density at radius 1 is 1.33 bits per heavy atom. The Labute approximate surface area is 114 Å². The highest BCUT2D eigenvalue weighted by Crippen LogP contribution is 2.18. The number of carbonyl (C=O) groups excluding carboxylic acids is 2. The van der Waals surface area contributed by atoms with Crippen LogP contribution in [0.3, 0.4) is 0 Å². The van der Waals surface area contributed by atoms with Crippen LogP contribution >= 0.6 is 15.9 Å². The van der Waals surface area contributed by atoms with Gasteiger partial charge in [-0.25, -0.2) is 4.79 Å². The molecular weight excluding hydrogens is 300 g/mol. The third-order valence-corrected chi connectivity index (χ3v) is 2.76. The molecule has 0 aromatic heterocycles. The third kappa shape index (κ3) is 3.46. The number of hydrogen-bond acceptors (Lipinski definition) is 4. The molecule has 0 aliphatic rings. The van der Waals surface area contributed by atoms with Crippen molar-refractivity contribution >= 4 is 33.5 Å². The standard InChI is InChI=1S/C12H15BrN2O3/c1-12(2,11(17)18-3)15-10(16)7-4-8(13)6-9(14)5-7/h4-6H,14H2,1-3H3,(H,15,16). The molecule has 0 saturated heterocycles. The van der Waals surface area contributed by atoms with Gasteiger partial charge < -0.3 is 15.8 Å². The first kappa shape index (κ1) is 14.5. The molecule has 1 aromatic carbocycles. The van der Waals surface area contributed by atoms with Gasteiger partial charge in [-0.05, 0) is 32.0 Å². The van der Waals surface area contributed by atoms with Crippen molar-refractivity contribution in [2.45, 2.75) is 19.4 Å². The first-order chi connectivity index (χ1) is 8.26. The first-order valence-corrected chi connectivity index (χ1v) is 6.02. The summed E-state index contributed by atoms with van der Waals surface area (Å²) in [5, 5.41) is 2.59. The Morgan fingerprint density at radius 2 is 1.94 bits per heavy atom. The molecule has 1 rings (SSSR count). The number of nitrogen functional groups attached to an aromatic ring is 1. The molecule has 0 atom stereocenters. The molecule has 0 unspecified atom stereocenters. The molecule has 0 radical (unpaired) electrons. The SMILES string of the molecule is COC(=O)C(C)(C)NC(=O)c1cc(N)cc(Br)c1. The number of esters is 1. The van der Waals surface area contributed by atoms with Crippen molar-refractivity contribution in [2.75, 3.05) is 12.8 Å². The van der Waals surface area contributed by atoms with Crippen LogP contribution in [0.1, 0.15) is 24.2 Å². The van der Waals surface area contributed by atoms with Gasteiger partial charge >= 0.3 is 5.97 Å². The fourth-order valence-electron chi connectivity index (χ4n) is 1.41. The lowest BCUT2D eigenvalue weighted by molar-refractivity contribution is -0.146. The summed E-state index contributed by atoms with van der Waals surface area (Å²) in [5.41, 5.74) is 5.39. The number of hydrogen-bond donors (Lipinski definition) is 2. The largest absolute Gasteiger partial charge is 0.467 e. The van der Waals surface area contributed by atoms with Gasteiger partial charge in [0, 0.05) is 15.7 Å². The van der Waals surface area contributed by atoms with Crippen LogP contribution < -0.4 is 11.1 Å². The lowest BCUT2D eigenvalue weighted by Crippen LogP contribution is -2.50. The number of benzene rings is 1. The molecule has 0 spiro atoms. The van der Waals surface area contributed by atoms with Crippen LogP contribution in [-0.4, -0.2) is 24.5 Å². The molecule has 0 aliphatic carbocycles. The van der Waals surface area contributed by atoms with E-state index in [1.165, 1.54) is 13.2 Å². The molecule has 0 heterocycles. The first-order valence-electron chi connectivity index (χ1n) is 5.23. The summed E-state index contributed by atoms with van der Waals surface area (Å²) in [6.45, 7) is 3.14. The van der Waals surface area contributed by atoms with Gasteiger partial charge in [0.1, 0.15) is 5.54 Å². The van der Waals surface area contributed by atoms with E-state index in [1.54, 1.807) is 26.0 Å². The van der Waals surface area contributed by atoms with Crippen LogP contribution in [0, 0.1) is 0 Å². The van der Waals surface area contributed by atoms with Gasteiger partial charge in [-0.15, -0.1) is 0 Å². The normalized spacial score (nSPS) is 10.9. The van der Waals surface area contributed by atoms with Crippen LogP contribution in [0.5, 0.6) is 0 Å². The Kier molecular flexibility index (Phi) is 4.34. The van der Waals surface area contributed by atoms with Crippen LogP contribution in [-0.2, 0) is 9.53 Å². The molecule has 0 aliphatic heterocycles. The average Bonchev–Trinajstić information content (AvgIpc) is 2.25. The van der Waals surface area contributed by atoms with Crippen LogP contribution in [0.25, 0.3) is 0 Å². The van der Waals surface area contributed by atoms with Crippen molar-refractivity contribution in [3.8, 4) is 0 Å². The minimum atomic E-state index is -1.09. The lowest BCUT2D eigenvalue weighted by atomic mass is 10.0. The molecule has 1 aromatic rings. The van der Waals surface area contributed by atoms with Crippen molar-refractivity contribution in [3.05, 3.63) is 28.2 Å². The van der Waals surface area contributed by atoms with Crippen LogP contribution in [0.15, 0.2) is 22.7 Å². The highest BCUT2D eigenvalue weighted by molar-refractivity contribution is 9.10. The smallest absolute Gasteiger partial charge is 0.330 e. The van der Waals surface area contributed by atoms with Crippen LogP contribution in [0.4, 0.5) is 5.69 Å². The minimum Gasteiger partial charge on any atom is -0.467 e. The van der Waals surface area contributed by atoms with E-state index in [4.69, 9.17) is 5.73 Å². The molecule has 0 fully saturated rings. The number of nitrogens with two attached hydrogens (primary N) is 1. The maximum Gasteiger partial charge on any atom is 0.330 e. The molecular formula is C12H15BrN2O3. The summed E-state index contributed by atoms with van der Waals surface area (Å²) in [6.07, 6.45) is 0. The van der Waals surface area contributed by atoms with E-state index in [2.05, 4.69) is 26.0 Å². The molecule has 5 nitrogen and oxygen atoms in total. The molecule has 1 amide bonds. The fraction of sp³-hybridized carbons (Fsp3) is 0.333. The number of carbonyl (C=O) groups is 2. The maximum absolute atomic E-state index is 12.0. The molecule has 0 saturated carbocycles. The summed E-state index contributed by atoms with van der Waals surface area (Å²) >= 11 is 3.25. The minimum absolute atomic E-state index is 0.374. The summed E-state index contributed by atoms with van der Waals surface area (Å²) in [6, 6.07) is 4.84. The van der Waals surface area contributed by atoms with Crippen molar-refractivity contribution in [3.63, 3.8) is 0 Å². The highest BCUT2D eigenvalue weighted by atomic mass is 79.9. The number of halogens is 1. The molecule has 0 bridgehead atoms. The monoisotopic (exact) mass is 314 g/mol. The van der Waals surface area contributed by atoms with E-state index < -0.39 is 17.4 Å². The predicted molar refractivity (Wildman–Crippen MR) is 72.1 cm³/mol. The van der Waals surface area contributed by atoms with E-state index >= 15 is 0 Å². The van der Waals surface area contributed by atoms with E-state index in [-0.39, 0.29) is 0 Å². The molecule has 3 N–H and O–H groups in total. The summed E-state index contributed by atoms with van der Waals surface area (Å²) < 4.78 is 5.31. The van der Waals surface area contributed by atoms with E-state index in [0.717, 1.165) is 0 Å². The Hall–Kier alpha value is -1.56.